The molecule has 1 aromatic heterocycles. The number of piperidine rings is 1. The van der Waals surface area contributed by atoms with Crippen LogP contribution in [-0.2, 0) is 25.7 Å². The minimum absolute atomic E-state index is 0.0801. The zero-order valence-corrected chi connectivity index (χ0v) is 16.5. The average Bonchev–Trinajstić information content (AvgIpc) is 3.27. The van der Waals surface area contributed by atoms with Crippen molar-refractivity contribution in [3.63, 3.8) is 0 Å². The molecule has 3 heterocycles. The van der Waals surface area contributed by atoms with Gasteiger partial charge < -0.3 is 9.32 Å². The molecule has 0 aliphatic carbocycles. The molecular weight excluding hydrogens is 388 g/mol. The Hall–Kier alpha value is -3.75. The van der Waals surface area contributed by atoms with Gasteiger partial charge in [-0.25, -0.2) is 4.98 Å². The normalized spacial score (nSPS) is 19.2. The van der Waals surface area contributed by atoms with Crippen LogP contribution in [0.1, 0.15) is 24.3 Å². The molecule has 0 bridgehead atoms. The topological polar surface area (TPSA) is 113 Å². The number of hydrogen-bond acceptors (Lipinski definition) is 7. The van der Waals surface area contributed by atoms with E-state index in [1.165, 1.54) is 6.08 Å². The van der Waals surface area contributed by atoms with Crippen LogP contribution in [0.2, 0.25) is 0 Å². The number of nitrogens with one attached hydrogen (secondary N) is 1. The van der Waals surface area contributed by atoms with Crippen molar-refractivity contribution >= 4 is 23.6 Å². The highest BCUT2D eigenvalue weighted by Gasteiger charge is 2.43. The number of aryl methyl sites for hydroxylation is 1. The number of carbonyl (C=O) groups is 4. The molecule has 1 saturated heterocycles. The van der Waals surface area contributed by atoms with Gasteiger partial charge in [-0.2, -0.15) is 0 Å². The van der Waals surface area contributed by atoms with Gasteiger partial charge in [-0.3, -0.25) is 29.4 Å². The van der Waals surface area contributed by atoms with Crippen molar-refractivity contribution in [2.75, 3.05) is 7.05 Å². The summed E-state index contributed by atoms with van der Waals surface area (Å²) >= 11 is 0. The lowest BCUT2D eigenvalue weighted by atomic mass is 10.0. The quantitative estimate of drug-likeness (QED) is 0.738. The predicted molar refractivity (Wildman–Crippen MR) is 104 cm³/mol. The third-order valence-electron chi connectivity index (χ3n) is 5.14. The van der Waals surface area contributed by atoms with Crippen LogP contribution >= 0.6 is 0 Å². The standard InChI is InChI=1S/C21H20N4O5/c1-12-3-5-13(6-4-12)14-11-30-18(22-14)10-24(2)16-9-19(27)25(21(16)29)15-7-8-17(26)23-20(15)28/h3-6,9,11,15H,7-8,10H2,1-2H3,(H,23,26,28). The molecule has 1 aromatic carbocycles. The summed E-state index contributed by atoms with van der Waals surface area (Å²) in [6.07, 6.45) is 2.93. The number of carbonyl (C=O) groups excluding carboxylic acids is 4. The van der Waals surface area contributed by atoms with Crippen molar-refractivity contribution in [2.45, 2.75) is 32.4 Å². The third-order valence-corrected chi connectivity index (χ3v) is 5.14. The Kier molecular flexibility index (Phi) is 4.94. The molecule has 1 fully saturated rings. The van der Waals surface area contributed by atoms with Gasteiger partial charge >= 0.3 is 0 Å². The number of oxazole rings is 1. The summed E-state index contributed by atoms with van der Waals surface area (Å²) in [6.45, 7) is 2.17. The molecule has 1 atom stereocenters. The van der Waals surface area contributed by atoms with E-state index >= 15 is 0 Å². The number of hydrogen-bond donors (Lipinski definition) is 1. The summed E-state index contributed by atoms with van der Waals surface area (Å²) in [6, 6.07) is 6.86. The summed E-state index contributed by atoms with van der Waals surface area (Å²) in [7, 11) is 1.64. The molecule has 2 aliphatic heterocycles. The fraction of sp³-hybridized carbons (Fsp3) is 0.286. The predicted octanol–water partition coefficient (Wildman–Crippen LogP) is 1.14. The summed E-state index contributed by atoms with van der Waals surface area (Å²) < 4.78 is 5.52. The second-order valence-electron chi connectivity index (χ2n) is 7.36. The molecule has 2 aromatic rings. The molecule has 0 radical (unpaired) electrons. The van der Waals surface area contributed by atoms with Crippen LogP contribution in [0.4, 0.5) is 0 Å². The van der Waals surface area contributed by atoms with Crippen LogP contribution < -0.4 is 5.32 Å². The van der Waals surface area contributed by atoms with Crippen LogP contribution in [0.5, 0.6) is 0 Å². The smallest absolute Gasteiger partial charge is 0.277 e. The SMILES string of the molecule is Cc1ccc(-c2coc(CN(C)C3=CC(=O)N(C4CCC(=O)NC4=O)C3=O)n2)cc1. The Balaban J connectivity index is 1.46. The lowest BCUT2D eigenvalue weighted by molar-refractivity contribution is -0.150. The van der Waals surface area contributed by atoms with E-state index in [1.807, 2.05) is 31.2 Å². The summed E-state index contributed by atoms with van der Waals surface area (Å²) in [5, 5.41) is 2.17. The van der Waals surface area contributed by atoms with E-state index in [0.717, 1.165) is 16.0 Å². The van der Waals surface area contributed by atoms with Crippen LogP contribution in [-0.4, -0.2) is 51.5 Å². The monoisotopic (exact) mass is 408 g/mol. The molecule has 4 rings (SSSR count). The first-order chi connectivity index (χ1) is 14.3. The first-order valence-electron chi connectivity index (χ1n) is 9.49. The number of nitrogens with zero attached hydrogens (tertiary/aromatic N) is 3. The van der Waals surface area contributed by atoms with Crippen LogP contribution in [0.15, 0.2) is 46.7 Å². The second kappa shape index (κ2) is 7.58. The minimum Gasteiger partial charge on any atom is -0.446 e. The fourth-order valence-corrected chi connectivity index (χ4v) is 3.50. The molecular formula is C21H20N4O5. The van der Waals surface area contributed by atoms with Crippen molar-refractivity contribution in [3.8, 4) is 11.3 Å². The molecule has 0 spiro atoms. The molecule has 9 nitrogen and oxygen atoms in total. The van der Waals surface area contributed by atoms with E-state index in [0.29, 0.717) is 11.6 Å². The van der Waals surface area contributed by atoms with E-state index in [4.69, 9.17) is 4.42 Å². The van der Waals surface area contributed by atoms with Gasteiger partial charge in [0.05, 0.1) is 6.54 Å². The Morgan fingerprint density at radius 2 is 1.93 bits per heavy atom. The highest BCUT2D eigenvalue weighted by molar-refractivity contribution is 6.18. The average molecular weight is 408 g/mol. The first-order valence-corrected chi connectivity index (χ1v) is 9.49. The van der Waals surface area contributed by atoms with Gasteiger partial charge in [0, 0.05) is 25.1 Å². The number of imide groups is 2. The zero-order chi connectivity index (χ0) is 21.4. The Bertz CT molecular complexity index is 1070. The maximum atomic E-state index is 12.8. The van der Waals surface area contributed by atoms with E-state index in [9.17, 15) is 19.2 Å². The Morgan fingerprint density at radius 1 is 1.20 bits per heavy atom. The molecule has 9 heteroatoms. The minimum atomic E-state index is -0.986. The van der Waals surface area contributed by atoms with E-state index < -0.39 is 29.7 Å². The number of rotatable bonds is 5. The summed E-state index contributed by atoms with van der Waals surface area (Å²) in [5.74, 6) is -1.82. The van der Waals surface area contributed by atoms with E-state index in [-0.39, 0.29) is 25.1 Å². The van der Waals surface area contributed by atoms with Gasteiger partial charge in [0.2, 0.25) is 17.7 Å². The third kappa shape index (κ3) is 3.61. The molecule has 0 saturated carbocycles. The van der Waals surface area contributed by atoms with Crippen molar-refractivity contribution in [2.24, 2.45) is 0 Å². The van der Waals surface area contributed by atoms with E-state index in [2.05, 4.69) is 10.3 Å². The Labute approximate surface area is 172 Å². The molecule has 30 heavy (non-hydrogen) atoms. The van der Waals surface area contributed by atoms with Crippen molar-refractivity contribution in [3.05, 3.63) is 53.8 Å². The lowest BCUT2D eigenvalue weighted by Crippen LogP contribution is -2.54. The van der Waals surface area contributed by atoms with Gasteiger partial charge in [0.15, 0.2) is 0 Å². The van der Waals surface area contributed by atoms with Gasteiger partial charge in [-0.05, 0) is 13.3 Å². The fourth-order valence-electron chi connectivity index (χ4n) is 3.50. The number of likely N-dealkylation sites (N-methyl/N-ethyl adjacent to an activating group) is 1. The van der Waals surface area contributed by atoms with Crippen molar-refractivity contribution < 1.29 is 23.6 Å². The van der Waals surface area contributed by atoms with Gasteiger partial charge in [0.1, 0.15) is 23.7 Å². The number of amides is 4. The van der Waals surface area contributed by atoms with Crippen LogP contribution in [0.25, 0.3) is 11.3 Å². The molecule has 4 amide bonds. The molecule has 1 unspecified atom stereocenters. The van der Waals surface area contributed by atoms with E-state index in [1.54, 1.807) is 18.2 Å². The summed E-state index contributed by atoms with van der Waals surface area (Å²) in [4.78, 5) is 55.5. The molecule has 2 aliphatic rings. The maximum absolute atomic E-state index is 12.8. The zero-order valence-electron chi connectivity index (χ0n) is 16.5. The highest BCUT2D eigenvalue weighted by Crippen LogP contribution is 2.25. The van der Waals surface area contributed by atoms with Gasteiger partial charge in [-0.1, -0.05) is 29.8 Å². The number of benzene rings is 1. The summed E-state index contributed by atoms with van der Waals surface area (Å²) in [5.41, 5.74) is 2.86. The van der Waals surface area contributed by atoms with Crippen LogP contribution in [0, 0.1) is 6.92 Å². The first kappa shape index (κ1) is 19.6. The van der Waals surface area contributed by atoms with Crippen LogP contribution in [0.3, 0.4) is 0 Å². The lowest BCUT2D eigenvalue weighted by Gasteiger charge is -2.29. The second-order valence-corrected chi connectivity index (χ2v) is 7.36. The van der Waals surface area contributed by atoms with Gasteiger partial charge in [-0.15, -0.1) is 0 Å². The largest absolute Gasteiger partial charge is 0.446 e. The van der Waals surface area contributed by atoms with Crippen molar-refractivity contribution in [1.82, 2.24) is 20.1 Å². The molecule has 154 valence electrons. The van der Waals surface area contributed by atoms with Crippen molar-refractivity contribution in [1.29, 1.82) is 0 Å². The van der Waals surface area contributed by atoms with Gasteiger partial charge in [0.25, 0.3) is 11.8 Å². The number of aromatic nitrogens is 1. The Morgan fingerprint density at radius 3 is 2.63 bits per heavy atom. The molecule has 1 N–H and O–H groups in total. The highest BCUT2D eigenvalue weighted by atomic mass is 16.3. The maximum Gasteiger partial charge on any atom is 0.277 e.